The van der Waals surface area contributed by atoms with Crippen molar-refractivity contribution in [3.05, 3.63) is 24.0 Å². The highest BCUT2D eigenvalue weighted by Gasteiger charge is 1.97. The number of hydrogen-bond donors (Lipinski definition) is 1. The molecule has 11 heavy (non-hydrogen) atoms. The lowest BCUT2D eigenvalue weighted by atomic mass is 10.3. The first kappa shape index (κ1) is 7.53. The summed E-state index contributed by atoms with van der Waals surface area (Å²) in [7, 11) is 1.55. The average molecular weight is 152 g/mol. The Morgan fingerprint density at radius 3 is 3.18 bits per heavy atom. The highest BCUT2D eigenvalue weighted by Crippen LogP contribution is 2.12. The van der Waals surface area contributed by atoms with E-state index >= 15 is 0 Å². The Kier molecular flexibility index (Phi) is 2.43. The van der Waals surface area contributed by atoms with Crippen LogP contribution in [0.4, 0.5) is 0 Å². The predicted octanol–water partition coefficient (Wildman–Crippen LogP) is 0.898. The van der Waals surface area contributed by atoms with Crippen molar-refractivity contribution in [3.63, 3.8) is 0 Å². The molecule has 0 aliphatic carbocycles. The molecule has 4 nitrogen and oxygen atoms in total. The summed E-state index contributed by atoms with van der Waals surface area (Å²) in [4.78, 5) is 3.83. The fourth-order valence-corrected chi connectivity index (χ4v) is 0.739. The zero-order chi connectivity index (χ0) is 8.10. The van der Waals surface area contributed by atoms with Crippen LogP contribution in [0.1, 0.15) is 5.56 Å². The monoisotopic (exact) mass is 152 g/mol. The molecule has 58 valence electrons. The van der Waals surface area contributed by atoms with E-state index in [9.17, 15) is 0 Å². The minimum Gasteiger partial charge on any atom is -0.496 e. The van der Waals surface area contributed by atoms with Gasteiger partial charge in [0.05, 0.1) is 18.9 Å². The normalized spacial score (nSPS) is 10.3. The van der Waals surface area contributed by atoms with Crippen LogP contribution in [0.3, 0.4) is 0 Å². The van der Waals surface area contributed by atoms with Gasteiger partial charge < -0.3 is 9.94 Å². The van der Waals surface area contributed by atoms with E-state index in [1.54, 1.807) is 25.6 Å². The quantitative estimate of drug-likeness (QED) is 0.389. The van der Waals surface area contributed by atoms with E-state index in [1.807, 2.05) is 0 Å². The Balaban J connectivity index is 3.02. The van der Waals surface area contributed by atoms with E-state index in [-0.39, 0.29) is 0 Å². The highest BCUT2D eigenvalue weighted by atomic mass is 16.5. The smallest absolute Gasteiger partial charge is 0.130 e. The largest absolute Gasteiger partial charge is 0.496 e. The van der Waals surface area contributed by atoms with Gasteiger partial charge in [-0.3, -0.25) is 4.98 Å². The summed E-state index contributed by atoms with van der Waals surface area (Å²) >= 11 is 0. The fourth-order valence-electron chi connectivity index (χ4n) is 0.739. The molecule has 0 bridgehead atoms. The molecule has 1 aromatic rings. The topological polar surface area (TPSA) is 54.7 Å². The zero-order valence-corrected chi connectivity index (χ0v) is 6.06. The van der Waals surface area contributed by atoms with Gasteiger partial charge in [-0.25, -0.2) is 0 Å². The molecule has 1 rings (SSSR count). The SMILES string of the molecule is COc1ccncc1C=NO. The third kappa shape index (κ3) is 1.67. The van der Waals surface area contributed by atoms with Gasteiger partial charge in [0.2, 0.25) is 0 Å². The van der Waals surface area contributed by atoms with Gasteiger partial charge >= 0.3 is 0 Å². The van der Waals surface area contributed by atoms with Crippen molar-refractivity contribution in [3.8, 4) is 5.75 Å². The molecule has 0 unspecified atom stereocenters. The maximum Gasteiger partial charge on any atom is 0.130 e. The van der Waals surface area contributed by atoms with Crippen LogP contribution in [0.15, 0.2) is 23.6 Å². The number of pyridine rings is 1. The van der Waals surface area contributed by atoms with Crippen molar-refractivity contribution in [2.24, 2.45) is 5.16 Å². The van der Waals surface area contributed by atoms with Crippen molar-refractivity contribution >= 4 is 6.21 Å². The van der Waals surface area contributed by atoms with Crippen LogP contribution in [0.5, 0.6) is 5.75 Å². The molecular formula is C7H8N2O2. The first-order valence-corrected chi connectivity index (χ1v) is 3.04. The van der Waals surface area contributed by atoms with Crippen LogP contribution in [-0.2, 0) is 0 Å². The number of rotatable bonds is 2. The lowest BCUT2D eigenvalue weighted by Gasteiger charge is -2.00. The van der Waals surface area contributed by atoms with Gasteiger partial charge in [0.15, 0.2) is 0 Å². The van der Waals surface area contributed by atoms with Crippen LogP contribution in [0.2, 0.25) is 0 Å². The minimum absolute atomic E-state index is 0.637. The summed E-state index contributed by atoms with van der Waals surface area (Å²) in [5.41, 5.74) is 0.650. The lowest BCUT2D eigenvalue weighted by molar-refractivity contribution is 0.321. The molecule has 0 aromatic carbocycles. The molecule has 0 spiro atoms. The van der Waals surface area contributed by atoms with Crippen molar-refractivity contribution in [2.75, 3.05) is 7.11 Å². The number of nitrogens with zero attached hydrogens (tertiary/aromatic N) is 2. The van der Waals surface area contributed by atoms with Gasteiger partial charge in [-0.2, -0.15) is 0 Å². The molecule has 0 aliphatic heterocycles. The van der Waals surface area contributed by atoms with Gasteiger partial charge in [0.1, 0.15) is 5.75 Å². The standard InChI is InChI=1S/C7H8N2O2/c1-11-7-2-3-8-4-6(7)5-9-10/h2-5,10H,1H3. The molecule has 0 amide bonds. The van der Waals surface area contributed by atoms with E-state index < -0.39 is 0 Å². The van der Waals surface area contributed by atoms with E-state index in [4.69, 9.17) is 9.94 Å². The van der Waals surface area contributed by atoms with Crippen LogP contribution in [-0.4, -0.2) is 23.5 Å². The van der Waals surface area contributed by atoms with Gasteiger partial charge in [-0.1, -0.05) is 5.16 Å². The Bertz CT molecular complexity index is 260. The summed E-state index contributed by atoms with van der Waals surface area (Å²) < 4.78 is 4.96. The maximum atomic E-state index is 8.23. The summed E-state index contributed by atoms with van der Waals surface area (Å²) in [6, 6.07) is 1.69. The average Bonchev–Trinajstić information content (AvgIpc) is 2.06. The van der Waals surface area contributed by atoms with E-state index in [2.05, 4.69) is 10.1 Å². The Morgan fingerprint density at radius 1 is 1.73 bits per heavy atom. The minimum atomic E-state index is 0.637. The summed E-state index contributed by atoms with van der Waals surface area (Å²) in [5, 5.41) is 11.1. The number of oxime groups is 1. The predicted molar refractivity (Wildman–Crippen MR) is 40.2 cm³/mol. The lowest BCUT2D eigenvalue weighted by Crippen LogP contribution is -1.90. The van der Waals surface area contributed by atoms with Crippen molar-refractivity contribution < 1.29 is 9.94 Å². The van der Waals surface area contributed by atoms with E-state index in [1.165, 1.54) is 6.21 Å². The molecule has 1 aromatic heterocycles. The number of methoxy groups -OCH3 is 1. The molecule has 0 radical (unpaired) electrons. The van der Waals surface area contributed by atoms with Gasteiger partial charge in [-0.05, 0) is 6.07 Å². The molecule has 0 aliphatic rings. The van der Waals surface area contributed by atoms with Crippen LogP contribution in [0.25, 0.3) is 0 Å². The third-order valence-electron chi connectivity index (χ3n) is 1.23. The Hall–Kier alpha value is -1.58. The van der Waals surface area contributed by atoms with Crippen molar-refractivity contribution in [1.82, 2.24) is 4.98 Å². The van der Waals surface area contributed by atoms with Crippen molar-refractivity contribution in [2.45, 2.75) is 0 Å². The van der Waals surface area contributed by atoms with Gasteiger partial charge in [0, 0.05) is 12.4 Å². The first-order chi connectivity index (χ1) is 5.38. The maximum absolute atomic E-state index is 8.23. The molecule has 0 saturated carbocycles. The Morgan fingerprint density at radius 2 is 2.55 bits per heavy atom. The third-order valence-corrected chi connectivity index (χ3v) is 1.23. The molecule has 4 heteroatoms. The number of hydrogen-bond acceptors (Lipinski definition) is 4. The summed E-state index contributed by atoms with van der Waals surface area (Å²) in [5.74, 6) is 0.637. The molecule has 0 atom stereocenters. The van der Waals surface area contributed by atoms with Crippen LogP contribution >= 0.6 is 0 Å². The number of ether oxygens (including phenoxy) is 1. The molecule has 0 fully saturated rings. The molecule has 0 saturated heterocycles. The van der Waals surface area contributed by atoms with Gasteiger partial charge in [-0.15, -0.1) is 0 Å². The molecule has 1 N–H and O–H groups in total. The summed E-state index contributed by atoms with van der Waals surface area (Å²) in [6.07, 6.45) is 4.43. The number of aromatic nitrogens is 1. The Labute approximate surface area is 64.1 Å². The highest BCUT2D eigenvalue weighted by molar-refractivity contribution is 5.82. The zero-order valence-electron chi connectivity index (χ0n) is 6.06. The first-order valence-electron chi connectivity index (χ1n) is 3.04. The van der Waals surface area contributed by atoms with Crippen LogP contribution < -0.4 is 4.74 Å². The van der Waals surface area contributed by atoms with Crippen LogP contribution in [0, 0.1) is 0 Å². The second kappa shape index (κ2) is 3.55. The molecule has 1 heterocycles. The van der Waals surface area contributed by atoms with Gasteiger partial charge in [0.25, 0.3) is 0 Å². The van der Waals surface area contributed by atoms with Crippen molar-refractivity contribution in [1.29, 1.82) is 0 Å². The fraction of sp³-hybridized carbons (Fsp3) is 0.143. The van der Waals surface area contributed by atoms with E-state index in [0.717, 1.165) is 0 Å². The summed E-state index contributed by atoms with van der Waals surface area (Å²) in [6.45, 7) is 0. The second-order valence-corrected chi connectivity index (χ2v) is 1.86. The van der Waals surface area contributed by atoms with E-state index in [0.29, 0.717) is 11.3 Å². The molecular weight excluding hydrogens is 144 g/mol. The second-order valence-electron chi connectivity index (χ2n) is 1.86.